The molecule has 0 aromatic carbocycles. The Kier molecular flexibility index (Phi) is 14.0. The molecule has 2 aliphatic rings. The molecule has 64 heavy (non-hydrogen) atoms. The van der Waals surface area contributed by atoms with Gasteiger partial charge in [-0.05, 0) is 68.8 Å². The Morgan fingerprint density at radius 2 is 0.672 bits per heavy atom. The Morgan fingerprint density at radius 1 is 0.391 bits per heavy atom. The van der Waals surface area contributed by atoms with Crippen molar-refractivity contribution >= 4 is 92.1 Å². The van der Waals surface area contributed by atoms with Crippen molar-refractivity contribution in [2.24, 2.45) is 0 Å². The van der Waals surface area contributed by atoms with Crippen LogP contribution in [-0.4, -0.2) is 133 Å². The van der Waals surface area contributed by atoms with Crippen LogP contribution in [0.1, 0.15) is 70.7 Å². The molecule has 5 heterocycles. The highest BCUT2D eigenvalue weighted by atomic mass is 19.1. The number of alkyl halides is 4. The normalized spacial score (nSPS) is 14.4. The lowest BCUT2D eigenvalue weighted by Gasteiger charge is -2.09. The third-order valence-corrected chi connectivity index (χ3v) is 10.1. The molecular weight excluding hydrogens is 868 g/mol. The molecule has 20 nitrogen and oxygen atoms in total. The number of carbonyl (C=O) groups is 8. The zero-order chi connectivity index (χ0) is 47.5. The van der Waals surface area contributed by atoms with Gasteiger partial charge in [-0.25, -0.2) is 46.7 Å². The molecule has 0 amide bonds. The van der Waals surface area contributed by atoms with E-state index in [1.165, 1.54) is 0 Å². The Labute approximate surface area is 353 Å². The van der Waals surface area contributed by atoms with Gasteiger partial charge < -0.3 is 50.8 Å². The first-order valence-electron chi connectivity index (χ1n) is 18.5. The van der Waals surface area contributed by atoms with Crippen molar-refractivity contribution in [3.05, 3.63) is 69.3 Å². The maximum absolute atomic E-state index is 15.1. The standard InChI is InChI=1S/C40H34F4N4O16/c41-21(37(57)58)1-13-17(5-33(49)50)29-10-26-15(3-23(43)39(61)62)19(7-35(53)54)31(47-26)12-28-16(4-24(44)40(63)64)20(8-36(55)56)32(48-28)11-27-14(2-22(42)38(59)60)18(6-34(51)52)30(46-27)9-25(13)45-29/h9-12,21-24,45-46H,1-8H2,(H,49,50)(H,51,52)(H,53,54)(H,55,56)(H,57,58)(H,59,60)(H,61,62)(H,63,64). The summed E-state index contributed by atoms with van der Waals surface area (Å²) in [6, 6.07) is 3.86. The summed E-state index contributed by atoms with van der Waals surface area (Å²) in [5, 5.41) is 77.8. The summed E-state index contributed by atoms with van der Waals surface area (Å²) < 4.78 is 60.6. The van der Waals surface area contributed by atoms with Gasteiger partial charge in [0.2, 0.25) is 24.7 Å². The maximum Gasteiger partial charge on any atom is 0.338 e. The SMILES string of the molecule is O=C(O)CC1=C(CC(F)C(=O)O)c2cc3nc(cc4[nH]c(cc5[nH]c(cc1n2)c(CC(F)C(=O)O)c5CC(=O)O)c(CC(F)C(=O)O)c4CC(=O)O)C(CC(F)C(=O)O)=C3CC(=O)O. The van der Waals surface area contributed by atoms with Crippen LogP contribution >= 0.6 is 0 Å². The molecular formula is C40H34F4N4O16. The first-order valence-corrected chi connectivity index (χ1v) is 18.5. The molecule has 3 aromatic heterocycles. The minimum atomic E-state index is -2.75. The van der Waals surface area contributed by atoms with E-state index in [1.807, 2.05) is 0 Å². The molecule has 0 aliphatic carbocycles. The topological polar surface area (TPSA) is 356 Å². The summed E-state index contributed by atoms with van der Waals surface area (Å²) in [7, 11) is 0. The average Bonchev–Trinajstić information content (AvgIpc) is 3.86. The number of aliphatic carboxylic acids is 8. The van der Waals surface area contributed by atoms with Gasteiger partial charge in [-0.2, -0.15) is 0 Å². The molecule has 0 spiro atoms. The Bertz CT molecular complexity index is 2760. The smallest absolute Gasteiger partial charge is 0.338 e. The summed E-state index contributed by atoms with van der Waals surface area (Å²) in [5.74, 6) is -14.4. The summed E-state index contributed by atoms with van der Waals surface area (Å²) in [6.45, 7) is 0. The number of H-pyrrole nitrogens is 2. The van der Waals surface area contributed by atoms with E-state index in [0.29, 0.717) is 0 Å². The van der Waals surface area contributed by atoms with Gasteiger partial charge in [0, 0.05) is 47.8 Å². The van der Waals surface area contributed by atoms with Crippen LogP contribution in [0.4, 0.5) is 17.6 Å². The molecule has 5 rings (SSSR count). The Morgan fingerprint density at radius 3 is 1.03 bits per heavy atom. The van der Waals surface area contributed by atoms with E-state index in [1.54, 1.807) is 0 Å². The number of aromatic nitrogens is 4. The van der Waals surface area contributed by atoms with Gasteiger partial charge in [-0.15, -0.1) is 0 Å². The molecule has 0 radical (unpaired) electrons. The third kappa shape index (κ3) is 10.6. The molecule has 0 saturated carbocycles. The van der Waals surface area contributed by atoms with Crippen molar-refractivity contribution < 1.29 is 96.8 Å². The first kappa shape index (κ1) is 47.1. The van der Waals surface area contributed by atoms with Gasteiger partial charge in [-0.3, -0.25) is 19.2 Å². The van der Waals surface area contributed by atoms with Crippen LogP contribution in [0.2, 0.25) is 0 Å². The number of fused-ring (bicyclic) bond motifs is 8. The van der Waals surface area contributed by atoms with Crippen molar-refractivity contribution in [2.75, 3.05) is 0 Å². The summed E-state index contributed by atoms with van der Waals surface area (Å²) in [5.41, 5.74) is -6.38. The van der Waals surface area contributed by atoms with Crippen LogP contribution in [0.25, 0.3) is 44.4 Å². The molecule has 338 valence electrons. The van der Waals surface area contributed by atoms with Crippen molar-refractivity contribution in [3.8, 4) is 0 Å². The second kappa shape index (κ2) is 19.0. The number of aromatic amines is 2. The molecule has 10 N–H and O–H groups in total. The van der Waals surface area contributed by atoms with E-state index in [0.717, 1.165) is 24.3 Å². The fourth-order valence-electron chi connectivity index (χ4n) is 7.30. The van der Waals surface area contributed by atoms with Crippen molar-refractivity contribution in [2.45, 2.75) is 76.1 Å². The highest BCUT2D eigenvalue weighted by Gasteiger charge is 2.32. The number of rotatable bonds is 20. The van der Waals surface area contributed by atoms with Gasteiger partial charge in [0.15, 0.2) is 0 Å². The minimum absolute atomic E-state index is 0.331. The lowest BCUT2D eigenvalue weighted by molar-refractivity contribution is -0.143. The van der Waals surface area contributed by atoms with Gasteiger partial charge in [-0.1, -0.05) is 0 Å². The second-order valence-electron chi connectivity index (χ2n) is 14.4. The lowest BCUT2D eigenvalue weighted by Crippen LogP contribution is -2.18. The van der Waals surface area contributed by atoms with Crippen LogP contribution in [-0.2, 0) is 64.0 Å². The first-order chi connectivity index (χ1) is 29.9. The highest BCUT2D eigenvalue weighted by Crippen LogP contribution is 2.41. The molecule has 8 bridgehead atoms. The minimum Gasteiger partial charge on any atom is -0.481 e. The number of halogens is 4. The molecule has 2 aliphatic heterocycles. The predicted molar refractivity (Wildman–Crippen MR) is 209 cm³/mol. The molecule has 24 heteroatoms. The molecule has 4 unspecified atom stereocenters. The van der Waals surface area contributed by atoms with Gasteiger partial charge in [0.25, 0.3) is 0 Å². The predicted octanol–water partition coefficient (Wildman–Crippen LogP) is 3.90. The number of carboxylic acids is 8. The lowest BCUT2D eigenvalue weighted by atomic mass is 9.94. The van der Waals surface area contributed by atoms with Gasteiger partial charge >= 0.3 is 47.8 Å². The zero-order valence-electron chi connectivity index (χ0n) is 32.5. The summed E-state index contributed by atoms with van der Waals surface area (Å²) >= 11 is 0. The number of nitrogens with zero attached hydrogens (tertiary/aromatic N) is 2. The fraction of sp³-hybridized carbons (Fsp3) is 0.300. The van der Waals surface area contributed by atoms with E-state index in [4.69, 9.17) is 0 Å². The highest BCUT2D eigenvalue weighted by molar-refractivity contribution is 6.03. The van der Waals surface area contributed by atoms with Crippen molar-refractivity contribution in [1.29, 1.82) is 0 Å². The molecule has 0 saturated heterocycles. The monoisotopic (exact) mass is 902 g/mol. The summed E-state index contributed by atoms with van der Waals surface area (Å²) in [4.78, 5) is 110. The summed E-state index contributed by atoms with van der Waals surface area (Å²) in [6.07, 6.45) is -19.4. The van der Waals surface area contributed by atoms with E-state index < -0.39 is 169 Å². The van der Waals surface area contributed by atoms with Crippen LogP contribution in [0.5, 0.6) is 0 Å². The number of nitrogens with one attached hydrogen (secondary N) is 2. The Hall–Kier alpha value is -7.92. The largest absolute Gasteiger partial charge is 0.481 e. The number of carboxylic acid groups (broad SMARTS) is 8. The number of allylic oxidation sites excluding steroid dienone is 2. The average molecular weight is 903 g/mol. The van der Waals surface area contributed by atoms with E-state index >= 15 is 17.6 Å². The third-order valence-electron chi connectivity index (χ3n) is 10.1. The van der Waals surface area contributed by atoms with E-state index in [9.17, 15) is 79.2 Å². The van der Waals surface area contributed by atoms with E-state index in [2.05, 4.69) is 19.9 Å². The van der Waals surface area contributed by atoms with Crippen LogP contribution in [0.15, 0.2) is 24.3 Å². The second-order valence-corrected chi connectivity index (χ2v) is 14.4. The van der Waals surface area contributed by atoms with Crippen LogP contribution in [0, 0.1) is 0 Å². The van der Waals surface area contributed by atoms with Crippen molar-refractivity contribution in [3.63, 3.8) is 0 Å². The number of hydrogen-bond acceptors (Lipinski definition) is 10. The molecule has 3 aromatic rings. The quantitative estimate of drug-likeness (QED) is 0.0719. The molecule has 0 fully saturated rings. The van der Waals surface area contributed by atoms with Crippen LogP contribution < -0.4 is 0 Å². The van der Waals surface area contributed by atoms with Crippen molar-refractivity contribution in [1.82, 2.24) is 19.9 Å². The van der Waals surface area contributed by atoms with Gasteiger partial charge in [0.05, 0.1) is 48.5 Å². The zero-order valence-corrected chi connectivity index (χ0v) is 32.5. The molecule has 4 atom stereocenters. The Balaban J connectivity index is 2.15. The van der Waals surface area contributed by atoms with Crippen LogP contribution in [0.3, 0.4) is 0 Å². The van der Waals surface area contributed by atoms with Gasteiger partial charge in [0.1, 0.15) is 0 Å². The fourth-order valence-corrected chi connectivity index (χ4v) is 7.30. The maximum atomic E-state index is 15.1. The van der Waals surface area contributed by atoms with E-state index in [-0.39, 0.29) is 44.3 Å². The number of hydrogen-bond donors (Lipinski definition) is 10.